The molecular weight excluding hydrogens is 248 g/mol. The zero-order valence-corrected chi connectivity index (χ0v) is 12.9. The van der Waals surface area contributed by atoms with Crippen molar-refractivity contribution in [2.45, 2.75) is 52.1 Å². The number of carbonyl (C=O) groups excluding carboxylic acids is 1. The number of nitrogens with one attached hydrogen (secondary N) is 1. The van der Waals surface area contributed by atoms with Gasteiger partial charge in [-0.1, -0.05) is 24.6 Å². The van der Waals surface area contributed by atoms with Crippen LogP contribution in [0.3, 0.4) is 0 Å². The highest BCUT2D eigenvalue weighted by atomic mass is 16.2. The molecule has 1 heterocycles. The summed E-state index contributed by atoms with van der Waals surface area (Å²) in [5, 5.41) is 3.53. The number of aryl methyl sites for hydroxylation is 1. The van der Waals surface area contributed by atoms with Gasteiger partial charge in [-0.25, -0.2) is 0 Å². The number of amides is 1. The molecule has 0 radical (unpaired) electrons. The topological polar surface area (TPSA) is 32.3 Å². The second-order valence-corrected chi connectivity index (χ2v) is 6.01. The van der Waals surface area contributed by atoms with Crippen LogP contribution < -0.4 is 5.32 Å². The molecule has 1 saturated heterocycles. The largest absolute Gasteiger partial charge is 0.335 e. The van der Waals surface area contributed by atoms with Crippen molar-refractivity contribution >= 4 is 5.91 Å². The van der Waals surface area contributed by atoms with Gasteiger partial charge >= 0.3 is 0 Å². The standard InChI is InChI=1S/C17H26N2O/c1-13(2)19(12-15-9-6-7-11-18-15)17(20)16-10-5-4-8-14(16)3/h4-5,8,10,13,15,18H,6-7,9,11-12H2,1-3H3. The Kier molecular flexibility index (Phi) is 5.18. The molecule has 0 saturated carbocycles. The quantitative estimate of drug-likeness (QED) is 0.915. The molecule has 2 rings (SSSR count). The zero-order chi connectivity index (χ0) is 14.5. The average Bonchev–Trinajstić information content (AvgIpc) is 2.45. The number of piperidine rings is 1. The number of rotatable bonds is 4. The monoisotopic (exact) mass is 274 g/mol. The van der Waals surface area contributed by atoms with Crippen molar-refractivity contribution < 1.29 is 4.79 Å². The number of carbonyl (C=O) groups is 1. The Morgan fingerprint density at radius 3 is 2.70 bits per heavy atom. The van der Waals surface area contributed by atoms with E-state index in [2.05, 4.69) is 19.2 Å². The average molecular weight is 274 g/mol. The first-order valence-corrected chi connectivity index (χ1v) is 7.69. The second-order valence-electron chi connectivity index (χ2n) is 6.01. The van der Waals surface area contributed by atoms with Gasteiger partial charge in [0.05, 0.1) is 0 Å². The van der Waals surface area contributed by atoms with Gasteiger partial charge in [-0.15, -0.1) is 0 Å². The summed E-state index contributed by atoms with van der Waals surface area (Å²) in [4.78, 5) is 14.8. The maximum absolute atomic E-state index is 12.8. The van der Waals surface area contributed by atoms with Gasteiger partial charge in [0.25, 0.3) is 5.91 Å². The molecule has 1 aliphatic heterocycles. The summed E-state index contributed by atoms with van der Waals surface area (Å²) in [7, 11) is 0. The van der Waals surface area contributed by atoms with Gasteiger partial charge in [-0.05, 0) is 51.8 Å². The van der Waals surface area contributed by atoms with Crippen LogP contribution in [0.2, 0.25) is 0 Å². The minimum atomic E-state index is 0.158. The van der Waals surface area contributed by atoms with Gasteiger partial charge in [0, 0.05) is 24.2 Å². The molecule has 1 amide bonds. The van der Waals surface area contributed by atoms with E-state index in [0.29, 0.717) is 6.04 Å². The number of hydrogen-bond acceptors (Lipinski definition) is 2. The molecule has 1 N–H and O–H groups in total. The lowest BCUT2D eigenvalue weighted by atomic mass is 10.0. The molecule has 0 spiro atoms. The molecule has 0 bridgehead atoms. The summed E-state index contributed by atoms with van der Waals surface area (Å²) in [6.45, 7) is 8.09. The van der Waals surface area contributed by atoms with Crippen molar-refractivity contribution in [3.8, 4) is 0 Å². The van der Waals surface area contributed by atoms with Crippen molar-refractivity contribution in [1.29, 1.82) is 0 Å². The summed E-state index contributed by atoms with van der Waals surface area (Å²) in [5.41, 5.74) is 1.89. The van der Waals surface area contributed by atoms with E-state index in [4.69, 9.17) is 0 Å². The molecule has 1 atom stereocenters. The van der Waals surface area contributed by atoms with E-state index in [1.165, 1.54) is 19.3 Å². The fourth-order valence-electron chi connectivity index (χ4n) is 2.81. The lowest BCUT2D eigenvalue weighted by Crippen LogP contribution is -2.48. The highest BCUT2D eigenvalue weighted by Gasteiger charge is 2.24. The van der Waals surface area contributed by atoms with Crippen molar-refractivity contribution in [2.75, 3.05) is 13.1 Å². The van der Waals surface area contributed by atoms with Crippen molar-refractivity contribution in [2.24, 2.45) is 0 Å². The summed E-state index contributed by atoms with van der Waals surface area (Å²) < 4.78 is 0. The van der Waals surface area contributed by atoms with Crippen LogP contribution in [0.25, 0.3) is 0 Å². The molecule has 1 aromatic rings. The van der Waals surface area contributed by atoms with Crippen LogP contribution >= 0.6 is 0 Å². The lowest BCUT2D eigenvalue weighted by Gasteiger charge is -2.33. The van der Waals surface area contributed by atoms with Crippen LogP contribution in [0.4, 0.5) is 0 Å². The molecular formula is C17H26N2O. The van der Waals surface area contributed by atoms with Gasteiger partial charge < -0.3 is 10.2 Å². The van der Waals surface area contributed by atoms with E-state index in [0.717, 1.165) is 24.2 Å². The van der Waals surface area contributed by atoms with E-state index in [-0.39, 0.29) is 11.9 Å². The normalized spacial score (nSPS) is 19.1. The maximum Gasteiger partial charge on any atom is 0.254 e. The van der Waals surface area contributed by atoms with E-state index in [9.17, 15) is 4.79 Å². The van der Waals surface area contributed by atoms with Gasteiger partial charge in [0.2, 0.25) is 0 Å². The first-order chi connectivity index (χ1) is 9.59. The highest BCUT2D eigenvalue weighted by molar-refractivity contribution is 5.95. The summed E-state index contributed by atoms with van der Waals surface area (Å²) in [6.07, 6.45) is 3.69. The van der Waals surface area contributed by atoms with Crippen LogP contribution in [0.5, 0.6) is 0 Å². The Morgan fingerprint density at radius 1 is 1.35 bits per heavy atom. The molecule has 1 fully saturated rings. The summed E-state index contributed by atoms with van der Waals surface area (Å²) >= 11 is 0. The Hall–Kier alpha value is -1.35. The first kappa shape index (κ1) is 15.0. The fraction of sp³-hybridized carbons (Fsp3) is 0.588. The van der Waals surface area contributed by atoms with E-state index in [1.54, 1.807) is 0 Å². The van der Waals surface area contributed by atoms with Crippen LogP contribution in [0.1, 0.15) is 49.0 Å². The maximum atomic E-state index is 12.8. The number of benzene rings is 1. The molecule has 0 aliphatic carbocycles. The SMILES string of the molecule is Cc1ccccc1C(=O)N(CC1CCCCN1)C(C)C. The van der Waals surface area contributed by atoms with Crippen LogP contribution in [0, 0.1) is 6.92 Å². The minimum absolute atomic E-state index is 0.158. The van der Waals surface area contributed by atoms with Crippen LogP contribution in [-0.2, 0) is 0 Å². The molecule has 0 aromatic heterocycles. The second kappa shape index (κ2) is 6.89. The Labute approximate surface area is 122 Å². The highest BCUT2D eigenvalue weighted by Crippen LogP contribution is 2.16. The molecule has 3 heteroatoms. The van der Waals surface area contributed by atoms with Gasteiger partial charge in [0.1, 0.15) is 0 Å². The van der Waals surface area contributed by atoms with E-state index < -0.39 is 0 Å². The molecule has 20 heavy (non-hydrogen) atoms. The Bertz CT molecular complexity index is 450. The van der Waals surface area contributed by atoms with Crippen molar-refractivity contribution in [3.05, 3.63) is 35.4 Å². The predicted molar refractivity (Wildman–Crippen MR) is 83.0 cm³/mol. The number of hydrogen-bond donors (Lipinski definition) is 1. The lowest BCUT2D eigenvalue weighted by molar-refractivity contribution is 0.0676. The van der Waals surface area contributed by atoms with Gasteiger partial charge in [0.15, 0.2) is 0 Å². The number of nitrogens with zero attached hydrogens (tertiary/aromatic N) is 1. The Morgan fingerprint density at radius 2 is 2.10 bits per heavy atom. The molecule has 1 aliphatic rings. The van der Waals surface area contributed by atoms with Crippen molar-refractivity contribution in [1.82, 2.24) is 10.2 Å². The third-order valence-electron chi connectivity index (χ3n) is 4.09. The smallest absolute Gasteiger partial charge is 0.254 e. The minimum Gasteiger partial charge on any atom is -0.335 e. The molecule has 3 nitrogen and oxygen atoms in total. The predicted octanol–water partition coefficient (Wildman–Crippen LogP) is 2.99. The Balaban J connectivity index is 2.11. The summed E-state index contributed by atoms with van der Waals surface area (Å²) in [5.74, 6) is 0.158. The van der Waals surface area contributed by atoms with Crippen molar-refractivity contribution in [3.63, 3.8) is 0 Å². The van der Waals surface area contributed by atoms with E-state index in [1.807, 2.05) is 36.1 Å². The summed E-state index contributed by atoms with van der Waals surface area (Å²) in [6, 6.07) is 8.53. The van der Waals surface area contributed by atoms with Crippen LogP contribution in [-0.4, -0.2) is 36.0 Å². The van der Waals surface area contributed by atoms with Gasteiger partial charge in [-0.2, -0.15) is 0 Å². The molecule has 1 unspecified atom stereocenters. The third-order valence-corrected chi connectivity index (χ3v) is 4.09. The first-order valence-electron chi connectivity index (χ1n) is 7.69. The zero-order valence-electron chi connectivity index (χ0n) is 12.9. The third kappa shape index (κ3) is 3.60. The fourth-order valence-corrected chi connectivity index (χ4v) is 2.81. The van der Waals surface area contributed by atoms with E-state index >= 15 is 0 Å². The molecule has 110 valence electrons. The van der Waals surface area contributed by atoms with Crippen LogP contribution in [0.15, 0.2) is 24.3 Å². The molecule has 1 aromatic carbocycles. The van der Waals surface area contributed by atoms with Gasteiger partial charge in [-0.3, -0.25) is 4.79 Å².